The van der Waals surface area contributed by atoms with E-state index < -0.39 is 11.8 Å². The SMILES string of the molecule is COc1ccc(NC(=O)C(=O)N/N=C(\C)c2ccc(O)c(OC)c2)cc1. The fourth-order valence-electron chi connectivity index (χ4n) is 2.01. The summed E-state index contributed by atoms with van der Waals surface area (Å²) in [7, 11) is 2.96. The Kier molecular flexibility index (Phi) is 6.15. The van der Waals surface area contributed by atoms with Crippen molar-refractivity contribution in [3.63, 3.8) is 0 Å². The third-order valence-electron chi connectivity index (χ3n) is 3.48. The molecule has 0 aromatic heterocycles. The van der Waals surface area contributed by atoms with Gasteiger partial charge in [0.05, 0.1) is 19.9 Å². The second kappa shape index (κ2) is 8.52. The largest absolute Gasteiger partial charge is 0.504 e. The molecule has 8 heteroatoms. The summed E-state index contributed by atoms with van der Waals surface area (Å²) >= 11 is 0. The number of phenolic OH excluding ortho intramolecular Hbond substituents is 1. The van der Waals surface area contributed by atoms with Gasteiger partial charge in [-0.05, 0) is 49.4 Å². The predicted molar refractivity (Wildman–Crippen MR) is 96.6 cm³/mol. The van der Waals surface area contributed by atoms with Crippen LogP contribution in [0.1, 0.15) is 12.5 Å². The van der Waals surface area contributed by atoms with Gasteiger partial charge in [-0.25, -0.2) is 5.43 Å². The molecule has 0 heterocycles. The minimum atomic E-state index is -0.911. The molecule has 0 radical (unpaired) electrons. The Hall–Kier alpha value is -3.55. The van der Waals surface area contributed by atoms with Crippen LogP contribution < -0.4 is 20.2 Å². The zero-order chi connectivity index (χ0) is 19.1. The first kappa shape index (κ1) is 18.8. The van der Waals surface area contributed by atoms with Gasteiger partial charge in [-0.1, -0.05) is 0 Å². The summed E-state index contributed by atoms with van der Waals surface area (Å²) in [6.07, 6.45) is 0. The van der Waals surface area contributed by atoms with E-state index >= 15 is 0 Å². The number of hydrogen-bond acceptors (Lipinski definition) is 6. The third-order valence-corrected chi connectivity index (χ3v) is 3.48. The molecule has 0 saturated carbocycles. The van der Waals surface area contributed by atoms with Gasteiger partial charge < -0.3 is 19.9 Å². The number of nitrogens with zero attached hydrogens (tertiary/aromatic N) is 1. The fraction of sp³-hybridized carbons (Fsp3) is 0.167. The van der Waals surface area contributed by atoms with Crippen LogP contribution in [-0.2, 0) is 9.59 Å². The molecule has 0 fully saturated rings. The van der Waals surface area contributed by atoms with E-state index in [9.17, 15) is 14.7 Å². The molecule has 8 nitrogen and oxygen atoms in total. The lowest BCUT2D eigenvalue weighted by Gasteiger charge is -2.07. The van der Waals surface area contributed by atoms with Crippen LogP contribution in [0.3, 0.4) is 0 Å². The molecular weight excluding hydrogens is 338 g/mol. The van der Waals surface area contributed by atoms with Crippen LogP contribution in [0.2, 0.25) is 0 Å². The molecule has 0 saturated heterocycles. The molecule has 136 valence electrons. The second-order valence-corrected chi connectivity index (χ2v) is 5.21. The first-order chi connectivity index (χ1) is 12.4. The van der Waals surface area contributed by atoms with Crippen molar-refractivity contribution in [3.05, 3.63) is 48.0 Å². The summed E-state index contributed by atoms with van der Waals surface area (Å²) in [6, 6.07) is 11.2. The number of phenols is 1. The fourth-order valence-corrected chi connectivity index (χ4v) is 2.01. The van der Waals surface area contributed by atoms with Crippen LogP contribution in [-0.4, -0.2) is 36.9 Å². The topological polar surface area (TPSA) is 109 Å². The van der Waals surface area contributed by atoms with E-state index in [1.54, 1.807) is 43.3 Å². The van der Waals surface area contributed by atoms with Crippen LogP contribution in [0.5, 0.6) is 17.2 Å². The van der Waals surface area contributed by atoms with E-state index in [1.807, 2.05) is 0 Å². The molecule has 0 unspecified atom stereocenters. The maximum atomic E-state index is 11.9. The Bertz CT molecular complexity index is 831. The molecule has 26 heavy (non-hydrogen) atoms. The monoisotopic (exact) mass is 357 g/mol. The highest BCUT2D eigenvalue weighted by Gasteiger charge is 2.13. The summed E-state index contributed by atoms with van der Waals surface area (Å²) in [4.78, 5) is 23.7. The van der Waals surface area contributed by atoms with E-state index in [-0.39, 0.29) is 11.5 Å². The van der Waals surface area contributed by atoms with Gasteiger partial charge in [0.2, 0.25) is 0 Å². The number of amides is 2. The Morgan fingerprint density at radius 1 is 1.00 bits per heavy atom. The molecule has 3 N–H and O–H groups in total. The number of carbonyl (C=O) groups is 2. The molecular formula is C18H19N3O5. The number of ether oxygens (including phenoxy) is 2. The summed E-state index contributed by atoms with van der Waals surface area (Å²) in [5, 5.41) is 15.9. The number of hydrazone groups is 1. The first-order valence-corrected chi connectivity index (χ1v) is 7.61. The van der Waals surface area contributed by atoms with Gasteiger partial charge in [-0.15, -0.1) is 0 Å². The molecule has 2 amide bonds. The number of hydrogen-bond donors (Lipinski definition) is 3. The normalized spacial score (nSPS) is 10.8. The van der Waals surface area contributed by atoms with Gasteiger partial charge in [0.15, 0.2) is 11.5 Å². The van der Waals surface area contributed by atoms with Gasteiger partial charge >= 0.3 is 11.8 Å². The molecule has 0 bridgehead atoms. The lowest BCUT2D eigenvalue weighted by molar-refractivity contribution is -0.136. The van der Waals surface area contributed by atoms with Crippen molar-refractivity contribution in [1.82, 2.24) is 5.43 Å². The standard InChI is InChI=1S/C18H19N3O5/c1-11(12-4-9-15(22)16(10-12)26-3)20-21-18(24)17(23)19-13-5-7-14(25-2)8-6-13/h4-10,22H,1-3H3,(H,19,23)(H,21,24)/b20-11+. The zero-order valence-electron chi connectivity index (χ0n) is 14.6. The molecule has 0 aliphatic rings. The van der Waals surface area contributed by atoms with Crippen molar-refractivity contribution in [2.75, 3.05) is 19.5 Å². The van der Waals surface area contributed by atoms with E-state index in [2.05, 4.69) is 15.8 Å². The Balaban J connectivity index is 1.99. The average molecular weight is 357 g/mol. The van der Waals surface area contributed by atoms with Crippen molar-refractivity contribution in [2.45, 2.75) is 6.92 Å². The van der Waals surface area contributed by atoms with Crippen LogP contribution in [0.25, 0.3) is 0 Å². The van der Waals surface area contributed by atoms with Crippen molar-refractivity contribution < 1.29 is 24.2 Å². The number of aromatic hydroxyl groups is 1. The minimum absolute atomic E-state index is 0.00745. The number of carbonyl (C=O) groups excluding carboxylic acids is 2. The summed E-state index contributed by atoms with van der Waals surface area (Å²) in [5.74, 6) is -0.856. The van der Waals surface area contributed by atoms with Crippen molar-refractivity contribution in [3.8, 4) is 17.2 Å². The van der Waals surface area contributed by atoms with Crippen molar-refractivity contribution in [2.24, 2.45) is 5.10 Å². The number of nitrogens with one attached hydrogen (secondary N) is 2. The number of benzene rings is 2. The van der Waals surface area contributed by atoms with E-state index in [0.29, 0.717) is 22.7 Å². The Morgan fingerprint density at radius 2 is 1.69 bits per heavy atom. The highest BCUT2D eigenvalue weighted by atomic mass is 16.5. The molecule has 0 aliphatic carbocycles. The van der Waals surface area contributed by atoms with Gasteiger partial charge in [0.1, 0.15) is 5.75 Å². The summed E-state index contributed by atoms with van der Waals surface area (Å²) in [6.45, 7) is 1.65. The maximum absolute atomic E-state index is 11.9. The number of rotatable bonds is 5. The van der Waals surface area contributed by atoms with Gasteiger partial charge in [0.25, 0.3) is 0 Å². The molecule has 0 atom stereocenters. The van der Waals surface area contributed by atoms with Crippen LogP contribution in [0, 0.1) is 0 Å². The van der Waals surface area contributed by atoms with Crippen LogP contribution >= 0.6 is 0 Å². The van der Waals surface area contributed by atoms with Crippen molar-refractivity contribution >= 4 is 23.2 Å². The minimum Gasteiger partial charge on any atom is -0.504 e. The van der Waals surface area contributed by atoms with Crippen molar-refractivity contribution in [1.29, 1.82) is 0 Å². The molecule has 2 aromatic carbocycles. The lowest BCUT2D eigenvalue weighted by Crippen LogP contribution is -2.32. The number of methoxy groups -OCH3 is 2. The first-order valence-electron chi connectivity index (χ1n) is 7.61. The predicted octanol–water partition coefficient (Wildman–Crippen LogP) is 1.89. The van der Waals surface area contributed by atoms with Gasteiger partial charge in [-0.3, -0.25) is 9.59 Å². The van der Waals surface area contributed by atoms with E-state index in [1.165, 1.54) is 20.3 Å². The quantitative estimate of drug-likeness (QED) is 0.430. The third kappa shape index (κ3) is 4.73. The average Bonchev–Trinajstić information content (AvgIpc) is 2.66. The van der Waals surface area contributed by atoms with Crippen LogP contribution in [0.15, 0.2) is 47.6 Å². The molecule has 2 rings (SSSR count). The van der Waals surface area contributed by atoms with Gasteiger partial charge in [0, 0.05) is 11.3 Å². The molecule has 2 aromatic rings. The summed E-state index contributed by atoms with van der Waals surface area (Å²) < 4.78 is 10.0. The maximum Gasteiger partial charge on any atom is 0.329 e. The lowest BCUT2D eigenvalue weighted by atomic mass is 10.1. The molecule has 0 spiro atoms. The van der Waals surface area contributed by atoms with Gasteiger partial charge in [-0.2, -0.15) is 5.10 Å². The highest BCUT2D eigenvalue weighted by Crippen LogP contribution is 2.26. The number of anilines is 1. The highest BCUT2D eigenvalue weighted by molar-refractivity contribution is 6.39. The smallest absolute Gasteiger partial charge is 0.329 e. The van der Waals surface area contributed by atoms with E-state index in [4.69, 9.17) is 9.47 Å². The molecule has 0 aliphatic heterocycles. The van der Waals surface area contributed by atoms with Crippen LogP contribution in [0.4, 0.5) is 5.69 Å². The Labute approximate surface area is 150 Å². The second-order valence-electron chi connectivity index (χ2n) is 5.21. The zero-order valence-corrected chi connectivity index (χ0v) is 14.6. The van der Waals surface area contributed by atoms with E-state index in [0.717, 1.165) is 0 Å². The Morgan fingerprint density at radius 3 is 2.31 bits per heavy atom. The summed E-state index contributed by atoms with van der Waals surface area (Å²) in [5.41, 5.74) is 3.70.